The summed E-state index contributed by atoms with van der Waals surface area (Å²) in [6.07, 6.45) is 3.60. The molecule has 0 aliphatic carbocycles. The van der Waals surface area contributed by atoms with Crippen LogP contribution in [0, 0.1) is 32.5 Å². The molecule has 0 bridgehead atoms. The van der Waals surface area contributed by atoms with E-state index in [4.69, 9.17) is 94.7 Å². The second-order valence-electron chi connectivity index (χ2n) is 32.9. The molecule has 0 aromatic heterocycles. The van der Waals surface area contributed by atoms with Gasteiger partial charge >= 0.3 is 95.5 Å². The largest absolute Gasteiger partial charge is 0.465 e. The second-order valence-corrected chi connectivity index (χ2v) is 32.9. The topological polar surface area (TPSA) is 458 Å². The first-order valence-corrected chi connectivity index (χ1v) is 45.5. The van der Waals surface area contributed by atoms with Crippen LogP contribution in [-0.2, 0) is 171 Å². The van der Waals surface area contributed by atoms with Gasteiger partial charge in [0.2, 0.25) is 0 Å². The highest BCUT2D eigenvalue weighted by Crippen LogP contribution is 2.33. The maximum absolute atomic E-state index is 14.5. The van der Waals surface area contributed by atoms with E-state index >= 15 is 0 Å². The summed E-state index contributed by atoms with van der Waals surface area (Å²) in [5.74, 6) is -11.1. The van der Waals surface area contributed by atoms with Crippen LogP contribution in [0.4, 0.5) is 0 Å². The molecular formula is C91H152O36. The summed E-state index contributed by atoms with van der Waals surface area (Å²) in [5.41, 5.74) is -10.1. The summed E-state index contributed by atoms with van der Waals surface area (Å²) in [5, 5.41) is 0. The molecule has 127 heavy (non-hydrogen) atoms. The van der Waals surface area contributed by atoms with E-state index in [0.29, 0.717) is 89.9 Å². The molecule has 0 spiro atoms. The minimum atomic E-state index is -1.81. The Morgan fingerprint density at radius 1 is 0.126 bits per heavy atom. The zero-order chi connectivity index (χ0) is 95.3. The van der Waals surface area contributed by atoms with Crippen molar-refractivity contribution in [3.63, 3.8) is 0 Å². The number of hydrogen-bond donors (Lipinski definition) is 0. The van der Waals surface area contributed by atoms with Crippen molar-refractivity contribution < 1.29 is 171 Å². The molecule has 0 saturated carbocycles. The molecular weight excluding hydrogens is 1670 g/mol. The average Bonchev–Trinajstić information content (AvgIpc) is 0.834. The SMILES string of the molecule is CCCC(=O)OCC(COCC(COC(=O)CCC)(COC(=O)CCC)COC(=O)CCC)(COCC(COC(=O)CCC)(COC(=O)CCC)COC(=O)CCC)COC(=O)CCCC(=O)OCC(COCC(COC(=O)CCC)(COC(=O)CCC)COC(=O)CCC)(COCC(COC(=O)CCC)(COC(=O)CCC)COC(=O)CCC)COC(=O)CCC. The predicted molar refractivity (Wildman–Crippen MR) is 456 cm³/mol. The molecule has 0 unspecified atom stereocenters. The maximum atomic E-state index is 14.5. The van der Waals surface area contributed by atoms with Gasteiger partial charge in [-0.1, -0.05) is 96.9 Å². The fourth-order valence-electron chi connectivity index (χ4n) is 11.6. The van der Waals surface area contributed by atoms with Crippen molar-refractivity contribution >= 4 is 95.5 Å². The van der Waals surface area contributed by atoms with Gasteiger partial charge in [0.1, 0.15) is 106 Å². The Hall–Kier alpha value is -8.64. The van der Waals surface area contributed by atoms with Gasteiger partial charge < -0.3 is 94.7 Å². The summed E-state index contributed by atoms with van der Waals surface area (Å²) in [6.45, 7) is 11.0. The quantitative estimate of drug-likeness (QED) is 0.0403. The number of carbonyl (C=O) groups excluding carboxylic acids is 16. The van der Waals surface area contributed by atoms with Crippen LogP contribution in [0.2, 0.25) is 0 Å². The molecule has 0 rings (SSSR count). The third-order valence-electron chi connectivity index (χ3n) is 19.0. The molecule has 732 valence electrons. The van der Waals surface area contributed by atoms with Gasteiger partial charge in [-0.2, -0.15) is 0 Å². The van der Waals surface area contributed by atoms with E-state index < -0.39 is 299 Å². The van der Waals surface area contributed by atoms with Gasteiger partial charge in [0, 0.05) is 103 Å². The first-order chi connectivity index (χ1) is 60.7. The van der Waals surface area contributed by atoms with Crippen LogP contribution >= 0.6 is 0 Å². The van der Waals surface area contributed by atoms with Crippen molar-refractivity contribution in [1.29, 1.82) is 0 Å². The molecule has 0 N–H and O–H groups in total. The molecule has 0 aliphatic heterocycles. The van der Waals surface area contributed by atoms with Crippen LogP contribution in [0.5, 0.6) is 0 Å². The summed E-state index contributed by atoms with van der Waals surface area (Å²) >= 11 is 0. The highest BCUT2D eigenvalue weighted by Gasteiger charge is 2.46. The van der Waals surface area contributed by atoms with Gasteiger partial charge in [0.05, 0.1) is 85.3 Å². The molecule has 0 amide bonds. The van der Waals surface area contributed by atoms with E-state index in [0.717, 1.165) is 0 Å². The Balaban J connectivity index is 8.78. The fourth-order valence-corrected chi connectivity index (χ4v) is 11.6. The van der Waals surface area contributed by atoms with Crippen molar-refractivity contribution in [3.05, 3.63) is 0 Å². The lowest BCUT2D eigenvalue weighted by Gasteiger charge is -2.37. The molecule has 0 atom stereocenters. The second kappa shape index (κ2) is 70.3. The Bertz CT molecular complexity index is 2630. The van der Waals surface area contributed by atoms with Gasteiger partial charge in [-0.15, -0.1) is 0 Å². The van der Waals surface area contributed by atoms with Crippen molar-refractivity contribution in [1.82, 2.24) is 0 Å². The van der Waals surface area contributed by atoms with Gasteiger partial charge in [-0.3, -0.25) is 76.7 Å². The highest BCUT2D eigenvalue weighted by atomic mass is 16.6. The molecule has 0 aromatic carbocycles. The molecule has 0 heterocycles. The molecule has 0 aromatic rings. The van der Waals surface area contributed by atoms with Crippen LogP contribution in [0.3, 0.4) is 0 Å². The Morgan fingerprint density at radius 2 is 0.205 bits per heavy atom. The average molecular weight is 1820 g/mol. The van der Waals surface area contributed by atoms with E-state index in [2.05, 4.69) is 0 Å². The van der Waals surface area contributed by atoms with Crippen molar-refractivity contribution in [3.8, 4) is 0 Å². The standard InChI is InChI=1S/C91H152O36/c1-15-30-70(92)112-54-86(46-108-50-88(58-114-72(94)32-17-3,59-115-73(95)33-18-4)60-116-74(96)34-19-5,47-109-51-89(61-117-75(97)35-20-6,62-118-76(98)36-21-7)63-119-77(99)37-22-8)56-126-84(106)44-29-45-85(107)127-57-87(55-113-71(93)31-16-2,48-110-52-90(64-120-78(100)38-23-9,65-121-79(101)39-24-10)66-122-80(102)40-25-11)49-111-53-91(67-123-81(103)41-26-12,68-124-82(104)42-27-13)69-125-83(105)43-28-14/h15-69H2,1-14H3. The van der Waals surface area contributed by atoms with Crippen LogP contribution in [0.15, 0.2) is 0 Å². The van der Waals surface area contributed by atoms with E-state index in [1.165, 1.54) is 0 Å². The normalized spacial score (nSPS) is 11.7. The summed E-state index contributed by atoms with van der Waals surface area (Å²) < 4.78 is 119. The fraction of sp³-hybridized carbons (Fsp3) is 0.824. The first kappa shape index (κ1) is 118. The lowest BCUT2D eigenvalue weighted by molar-refractivity contribution is -0.182. The minimum Gasteiger partial charge on any atom is -0.465 e. The third-order valence-corrected chi connectivity index (χ3v) is 19.0. The Kier molecular flexibility index (Phi) is 65.5. The molecule has 36 heteroatoms. The van der Waals surface area contributed by atoms with Crippen LogP contribution < -0.4 is 0 Å². The van der Waals surface area contributed by atoms with E-state index in [-0.39, 0.29) is 96.3 Å². The van der Waals surface area contributed by atoms with E-state index in [1.807, 2.05) is 0 Å². The number of carbonyl (C=O) groups is 16. The van der Waals surface area contributed by atoms with Crippen molar-refractivity contribution in [2.45, 2.75) is 296 Å². The smallest absolute Gasteiger partial charge is 0.305 e. The van der Waals surface area contributed by atoms with E-state index in [9.17, 15) is 76.7 Å². The number of ether oxygens (including phenoxy) is 20. The number of hydrogen-bond acceptors (Lipinski definition) is 36. The molecule has 0 saturated heterocycles. The van der Waals surface area contributed by atoms with Gasteiger partial charge in [-0.25, -0.2) is 0 Å². The first-order valence-electron chi connectivity index (χ1n) is 45.5. The molecule has 36 nitrogen and oxygen atoms in total. The van der Waals surface area contributed by atoms with Crippen LogP contribution in [-0.4, -0.2) is 254 Å². The lowest BCUT2D eigenvalue weighted by Crippen LogP contribution is -2.48. The van der Waals surface area contributed by atoms with Gasteiger partial charge in [-0.05, 0) is 96.3 Å². The Morgan fingerprint density at radius 3 is 0.291 bits per heavy atom. The third kappa shape index (κ3) is 55.8. The number of rotatable bonds is 80. The van der Waals surface area contributed by atoms with Crippen molar-refractivity contribution in [2.75, 3.05) is 159 Å². The zero-order valence-electron chi connectivity index (χ0n) is 78.6. The van der Waals surface area contributed by atoms with Gasteiger partial charge in [0.15, 0.2) is 0 Å². The minimum absolute atomic E-state index is 0.0164. The Labute approximate surface area is 750 Å². The maximum Gasteiger partial charge on any atom is 0.305 e. The van der Waals surface area contributed by atoms with Gasteiger partial charge in [0.25, 0.3) is 0 Å². The molecule has 0 fully saturated rings. The zero-order valence-corrected chi connectivity index (χ0v) is 78.6. The van der Waals surface area contributed by atoms with Crippen LogP contribution in [0.1, 0.15) is 296 Å². The molecule has 0 radical (unpaired) electrons. The van der Waals surface area contributed by atoms with Crippen molar-refractivity contribution in [2.24, 2.45) is 32.5 Å². The number of esters is 16. The summed E-state index contributed by atoms with van der Waals surface area (Å²) in [7, 11) is 0. The molecule has 0 aliphatic rings. The summed E-state index contributed by atoms with van der Waals surface area (Å²) in [4.78, 5) is 214. The van der Waals surface area contributed by atoms with E-state index in [1.54, 1.807) is 96.9 Å². The predicted octanol–water partition coefficient (Wildman–Crippen LogP) is 12.0. The lowest BCUT2D eigenvalue weighted by atomic mass is 9.89. The monoisotopic (exact) mass is 1820 g/mol. The highest BCUT2D eigenvalue weighted by molar-refractivity contribution is 5.75. The summed E-state index contributed by atoms with van der Waals surface area (Å²) in [6, 6.07) is 0. The van der Waals surface area contributed by atoms with Crippen LogP contribution in [0.25, 0.3) is 0 Å².